The minimum absolute atomic E-state index is 0.0723. The number of likely N-dealkylation sites (tertiary alicyclic amines) is 4. The SMILES string of the molecule is CC1=C(c2ccccc2NC(=O)Nc2cccc(OCCN3CCCCC3)c2)CC(=O)NC1=O.O=C(Nc1ccc(OCCN2CCCCC2)cc1)Nc1ccccc1C1=CC=NC1.O=C(Nc1ccccc1C1=C(F)C=NC1)c1ccc(OCCN2CCCCC2)cc1.O=C1C=C(c2ccccc2NC(=O)Nc2cccc(OCCN3CCCCC3)c2)CC(=O)N1. The summed E-state index contributed by atoms with van der Waals surface area (Å²) < 4.78 is 37.4. The highest BCUT2D eigenvalue weighted by Gasteiger charge is 2.27. The first-order valence-electron chi connectivity index (χ1n) is 43.9. The molecule has 0 saturated carbocycles. The molecule has 0 spiro atoms. The van der Waals surface area contributed by atoms with Gasteiger partial charge in [0.05, 0.1) is 32.1 Å². The highest BCUT2D eigenvalue weighted by Crippen LogP contribution is 2.35. The summed E-state index contributed by atoms with van der Waals surface area (Å²) in [4.78, 5) is 116. The zero-order valence-corrected chi connectivity index (χ0v) is 71.9. The van der Waals surface area contributed by atoms with Gasteiger partial charge in [0.2, 0.25) is 11.8 Å². The Hall–Kier alpha value is -13.4. The molecule has 27 nitrogen and oxygen atoms in total. The van der Waals surface area contributed by atoms with Crippen LogP contribution in [-0.4, -0.2) is 198 Å². The van der Waals surface area contributed by atoms with Crippen molar-refractivity contribution < 1.29 is 61.7 Å². The van der Waals surface area contributed by atoms with E-state index >= 15 is 0 Å². The van der Waals surface area contributed by atoms with E-state index in [9.17, 15) is 42.7 Å². The molecule has 0 bridgehead atoms. The monoisotopic (exact) mass is 1720 g/mol. The van der Waals surface area contributed by atoms with Crippen molar-refractivity contribution in [3.63, 3.8) is 0 Å². The molecular weight excluding hydrogens is 1610 g/mol. The fourth-order valence-electron chi connectivity index (χ4n) is 15.9. The first-order chi connectivity index (χ1) is 62.0. The first kappa shape index (κ1) is 91.3. The molecule has 4 saturated heterocycles. The number of hydrogen-bond acceptors (Lipinski definition) is 18. The van der Waals surface area contributed by atoms with E-state index in [0.717, 1.165) is 99.5 Å². The van der Waals surface area contributed by atoms with E-state index in [4.69, 9.17) is 18.9 Å². The molecule has 4 fully saturated rings. The summed E-state index contributed by atoms with van der Waals surface area (Å²) in [5.74, 6) is 0.751. The third-order valence-corrected chi connectivity index (χ3v) is 22.6. The number of carbonyl (C=O) groups is 8. The zero-order chi connectivity index (χ0) is 88.3. The number of carbonyl (C=O) groups excluding carboxylic acids is 8. The van der Waals surface area contributed by atoms with Crippen LogP contribution in [0.1, 0.15) is 129 Å². The molecule has 0 aliphatic carbocycles. The van der Waals surface area contributed by atoms with E-state index < -0.39 is 23.9 Å². The molecule has 8 heterocycles. The lowest BCUT2D eigenvalue weighted by atomic mass is 9.93. The van der Waals surface area contributed by atoms with Crippen LogP contribution < -0.4 is 66.8 Å². The van der Waals surface area contributed by atoms with Gasteiger partial charge in [-0.1, -0.05) is 111 Å². The second-order valence-electron chi connectivity index (χ2n) is 31.9. The van der Waals surface area contributed by atoms with Crippen LogP contribution in [0.25, 0.3) is 22.3 Å². The van der Waals surface area contributed by atoms with Crippen molar-refractivity contribution in [2.75, 3.05) is 155 Å². The van der Waals surface area contributed by atoms with E-state index in [1.807, 2.05) is 103 Å². The van der Waals surface area contributed by atoms with Crippen LogP contribution in [0.5, 0.6) is 23.0 Å². The van der Waals surface area contributed by atoms with Crippen LogP contribution in [0.4, 0.5) is 58.6 Å². The van der Waals surface area contributed by atoms with Gasteiger partial charge >= 0.3 is 18.1 Å². The molecule has 9 N–H and O–H groups in total. The average Bonchev–Trinajstić information content (AvgIpc) is 1.18. The lowest BCUT2D eigenvalue weighted by Gasteiger charge is -2.26. The van der Waals surface area contributed by atoms with Crippen LogP contribution in [0.2, 0.25) is 0 Å². The number of ether oxygens (including phenoxy) is 4. The predicted octanol–water partition coefficient (Wildman–Crippen LogP) is 16.9. The Morgan fingerprint density at radius 3 is 1.23 bits per heavy atom. The van der Waals surface area contributed by atoms with Gasteiger partial charge in [0.25, 0.3) is 17.7 Å². The Morgan fingerprint density at radius 1 is 0.386 bits per heavy atom. The first-order valence-corrected chi connectivity index (χ1v) is 43.9. The highest BCUT2D eigenvalue weighted by atomic mass is 19.1. The molecule has 8 aromatic carbocycles. The number of para-hydroxylation sites is 4. The van der Waals surface area contributed by atoms with E-state index in [1.165, 1.54) is 102 Å². The van der Waals surface area contributed by atoms with Crippen molar-refractivity contribution in [1.82, 2.24) is 30.2 Å². The van der Waals surface area contributed by atoms with Gasteiger partial charge in [0.1, 0.15) is 55.3 Å². The lowest BCUT2D eigenvalue weighted by molar-refractivity contribution is -0.129. The molecular formula is C99H112FN15O12. The fraction of sp³-hybridized carbons (Fsp3) is 0.333. The third-order valence-electron chi connectivity index (χ3n) is 22.6. The van der Waals surface area contributed by atoms with Crippen molar-refractivity contribution in [3.8, 4) is 23.0 Å². The highest BCUT2D eigenvalue weighted by molar-refractivity contribution is 6.17. The maximum Gasteiger partial charge on any atom is 0.323 e. The molecule has 16 rings (SSSR count). The largest absolute Gasteiger partial charge is 0.492 e. The molecule has 8 aliphatic rings. The average molecular weight is 1720 g/mol. The van der Waals surface area contributed by atoms with Gasteiger partial charge in [-0.3, -0.25) is 64.2 Å². The van der Waals surface area contributed by atoms with E-state index in [1.54, 1.807) is 110 Å². The van der Waals surface area contributed by atoms with E-state index in [-0.39, 0.29) is 49.0 Å². The Labute approximate surface area is 740 Å². The van der Waals surface area contributed by atoms with Gasteiger partial charge in [0.15, 0.2) is 0 Å². The molecule has 0 unspecified atom stereocenters. The van der Waals surface area contributed by atoms with Crippen LogP contribution >= 0.6 is 0 Å². The standard InChI is InChI=1S/C26H30N4O4.C25H28N4O4.C24H26FN3O2.C24H28N4O2/c1-18-22(17-24(31)29-25(18)32)21-10-3-4-11-23(21)28-26(33)27-19-8-7-9-20(16-19)34-15-14-30-12-5-2-6-13-30;30-23-15-18(16-24(31)28-23)21-9-2-3-10-22(21)27-25(32)26-19-7-6-8-20(17-19)33-14-13-29-11-4-1-5-12-29;25-22-17-26-16-21(22)20-6-2-3-7-23(20)27-24(29)18-8-10-19(11-9-18)30-15-14-28-12-4-1-5-13-28;29-24(27-23-7-3-2-6-22(23)19-12-13-25-18-19)26-20-8-10-21(11-9-20)30-17-16-28-14-4-1-5-15-28/h3-4,7-11,16H,2,5-6,12-15,17H2,1H3,(H2,27,28,33)(H,29,31,32);2-3,6-10,15,17H,1,4-5,11-14,16H2,(H2,26,27,32)(H,28,30,31);2-3,6-11,17H,1,4-5,12-16H2,(H,27,29);2-3,6-13H,1,4-5,14-18H2,(H2,26,27,29). The minimum Gasteiger partial charge on any atom is -0.492 e. The minimum atomic E-state index is -0.461. The quantitative estimate of drug-likeness (QED) is 0.0206. The van der Waals surface area contributed by atoms with Crippen LogP contribution in [-0.2, 0) is 19.2 Å². The summed E-state index contributed by atoms with van der Waals surface area (Å²) in [6.45, 7) is 18.0. The molecule has 8 aliphatic heterocycles. The second-order valence-corrected chi connectivity index (χ2v) is 31.9. The maximum atomic E-state index is 14.0. The predicted molar refractivity (Wildman–Crippen MR) is 499 cm³/mol. The number of imide groups is 2. The van der Waals surface area contributed by atoms with Crippen molar-refractivity contribution in [2.45, 2.75) is 96.8 Å². The number of benzene rings is 8. The summed E-state index contributed by atoms with van der Waals surface area (Å²) in [6, 6.07) is 57.2. The summed E-state index contributed by atoms with van der Waals surface area (Å²) in [7, 11) is 0. The topological polar surface area (TPSA) is 319 Å². The Balaban J connectivity index is 0.000000145. The van der Waals surface area contributed by atoms with Crippen molar-refractivity contribution in [1.29, 1.82) is 0 Å². The number of aliphatic imine (C=N–C) groups is 2. The normalized spacial score (nSPS) is 16.6. The van der Waals surface area contributed by atoms with Gasteiger partial charge in [0, 0.05) is 129 Å². The van der Waals surface area contributed by atoms with Gasteiger partial charge < -0.3 is 56.2 Å². The van der Waals surface area contributed by atoms with Crippen molar-refractivity contribution >= 4 is 122 Å². The molecule has 0 radical (unpaired) electrons. The van der Waals surface area contributed by atoms with E-state index in [2.05, 4.69) is 77.4 Å². The van der Waals surface area contributed by atoms with Crippen molar-refractivity contribution in [2.24, 2.45) is 9.98 Å². The lowest BCUT2D eigenvalue weighted by Crippen LogP contribution is -2.35. The van der Waals surface area contributed by atoms with Gasteiger partial charge in [-0.05, 0) is 231 Å². The number of rotatable bonds is 28. The number of allylic oxidation sites excluding steroid dienone is 2. The number of hydrogen-bond donors (Lipinski definition) is 9. The number of halogens is 1. The summed E-state index contributed by atoms with van der Waals surface area (Å²) in [6.07, 6.45) is 21.9. The number of anilines is 7. The number of urea groups is 3. The van der Waals surface area contributed by atoms with Crippen molar-refractivity contribution in [3.05, 3.63) is 245 Å². The van der Waals surface area contributed by atoms with Gasteiger partial charge in [-0.25, -0.2) is 18.8 Å². The number of nitrogens with one attached hydrogen (secondary N) is 9. The Morgan fingerprint density at radius 2 is 0.787 bits per heavy atom. The molecule has 127 heavy (non-hydrogen) atoms. The summed E-state index contributed by atoms with van der Waals surface area (Å²) >= 11 is 0. The van der Waals surface area contributed by atoms with Gasteiger partial charge in [-0.2, -0.15) is 0 Å². The summed E-state index contributed by atoms with van der Waals surface area (Å²) in [5.41, 5.74) is 10.9. The van der Waals surface area contributed by atoms with E-state index in [0.29, 0.717) is 117 Å². The van der Waals surface area contributed by atoms with Gasteiger partial charge in [-0.15, -0.1) is 0 Å². The van der Waals surface area contributed by atoms with Crippen LogP contribution in [0.3, 0.4) is 0 Å². The number of piperidine rings is 4. The molecule has 0 aromatic heterocycles. The fourth-order valence-corrected chi connectivity index (χ4v) is 15.9. The second kappa shape index (κ2) is 47.6. The smallest absolute Gasteiger partial charge is 0.323 e. The Kier molecular flexibility index (Phi) is 34.2. The maximum absolute atomic E-state index is 14.0. The van der Waals surface area contributed by atoms with Crippen LogP contribution in [0, 0.1) is 0 Å². The zero-order valence-electron chi connectivity index (χ0n) is 71.9. The van der Waals surface area contributed by atoms with Crippen LogP contribution in [0.15, 0.2) is 228 Å². The Bertz CT molecular complexity index is 5340. The number of nitrogens with zero attached hydrogens (tertiary/aromatic N) is 6. The molecule has 28 heteroatoms. The molecule has 11 amide bonds. The number of amides is 11. The molecule has 662 valence electrons. The molecule has 8 aromatic rings. The third kappa shape index (κ3) is 28.6. The molecule has 0 atom stereocenters. The summed E-state index contributed by atoms with van der Waals surface area (Å²) in [5, 5.41) is 24.5.